The topological polar surface area (TPSA) is 9.23 Å². The summed E-state index contributed by atoms with van der Waals surface area (Å²) in [5.41, 5.74) is 0. The molecule has 0 aromatic carbocycles. The molecule has 0 heterocycles. The van der Waals surface area contributed by atoms with Gasteiger partial charge in [-0.3, -0.25) is 0 Å². The van der Waals surface area contributed by atoms with Crippen LogP contribution < -0.4 is 0 Å². The van der Waals surface area contributed by atoms with Crippen molar-refractivity contribution < 1.29 is 4.74 Å². The molecule has 0 aromatic heterocycles. The number of halogens is 1. The van der Waals surface area contributed by atoms with Gasteiger partial charge in [-0.1, -0.05) is 0 Å². The standard InChI is InChI=1S/C4H7ClOS/c1-6-4(7)2-3-5/h2-3H2,1H3. The van der Waals surface area contributed by atoms with Crippen LogP contribution in [0.4, 0.5) is 0 Å². The number of methoxy groups -OCH3 is 1. The van der Waals surface area contributed by atoms with E-state index >= 15 is 0 Å². The zero-order chi connectivity index (χ0) is 5.70. The summed E-state index contributed by atoms with van der Waals surface area (Å²) in [4.78, 5) is 0. The Labute approximate surface area is 53.6 Å². The van der Waals surface area contributed by atoms with Gasteiger partial charge in [0.15, 0.2) is 5.05 Å². The average molecular weight is 139 g/mol. The Morgan fingerprint density at radius 3 is 2.57 bits per heavy atom. The second-order valence-electron chi connectivity index (χ2n) is 1.02. The van der Waals surface area contributed by atoms with Gasteiger partial charge in [-0.25, -0.2) is 0 Å². The van der Waals surface area contributed by atoms with Crippen LogP contribution in [0, 0.1) is 0 Å². The highest BCUT2D eigenvalue weighted by atomic mass is 35.5. The Morgan fingerprint density at radius 1 is 1.86 bits per heavy atom. The molecule has 0 rings (SSSR count). The highest BCUT2D eigenvalue weighted by Crippen LogP contribution is 1.88. The number of ether oxygens (including phenoxy) is 1. The summed E-state index contributed by atoms with van der Waals surface area (Å²) in [6.07, 6.45) is 0.674. The third kappa shape index (κ3) is 4.02. The van der Waals surface area contributed by atoms with Crippen LogP contribution >= 0.6 is 23.8 Å². The zero-order valence-corrected chi connectivity index (χ0v) is 5.68. The number of hydrogen-bond donors (Lipinski definition) is 0. The second kappa shape index (κ2) is 4.34. The number of hydrogen-bond acceptors (Lipinski definition) is 2. The lowest BCUT2D eigenvalue weighted by Gasteiger charge is -1.94. The molecule has 0 aliphatic heterocycles. The van der Waals surface area contributed by atoms with Gasteiger partial charge in [0, 0.05) is 12.3 Å². The van der Waals surface area contributed by atoms with Crippen LogP contribution in [0.3, 0.4) is 0 Å². The van der Waals surface area contributed by atoms with Gasteiger partial charge in [0.05, 0.1) is 7.11 Å². The van der Waals surface area contributed by atoms with E-state index in [9.17, 15) is 0 Å². The van der Waals surface area contributed by atoms with Gasteiger partial charge >= 0.3 is 0 Å². The van der Waals surface area contributed by atoms with E-state index in [-0.39, 0.29) is 0 Å². The van der Waals surface area contributed by atoms with Crippen molar-refractivity contribution in [1.29, 1.82) is 0 Å². The summed E-state index contributed by atoms with van der Waals surface area (Å²) in [5.74, 6) is 0.548. The third-order valence-corrected chi connectivity index (χ3v) is 1.09. The highest BCUT2D eigenvalue weighted by molar-refractivity contribution is 7.80. The maximum atomic E-state index is 5.31. The minimum atomic E-state index is 0.548. The summed E-state index contributed by atoms with van der Waals surface area (Å²) in [6, 6.07) is 0. The first-order valence-electron chi connectivity index (χ1n) is 1.94. The number of alkyl halides is 1. The summed E-state index contributed by atoms with van der Waals surface area (Å²) >= 11 is 9.96. The predicted octanol–water partition coefficient (Wildman–Crippen LogP) is 1.59. The van der Waals surface area contributed by atoms with E-state index in [1.807, 2.05) is 0 Å². The molecule has 0 saturated carbocycles. The monoisotopic (exact) mass is 138 g/mol. The molecule has 7 heavy (non-hydrogen) atoms. The minimum Gasteiger partial charge on any atom is -0.490 e. The summed E-state index contributed by atoms with van der Waals surface area (Å²) < 4.78 is 4.64. The van der Waals surface area contributed by atoms with Crippen molar-refractivity contribution >= 4 is 28.9 Å². The first kappa shape index (κ1) is 7.18. The molecule has 0 amide bonds. The van der Waals surface area contributed by atoms with E-state index in [1.54, 1.807) is 7.11 Å². The van der Waals surface area contributed by atoms with Crippen LogP contribution in [-0.2, 0) is 4.74 Å². The molecule has 0 aromatic rings. The van der Waals surface area contributed by atoms with Gasteiger partial charge in [-0.2, -0.15) is 0 Å². The maximum Gasteiger partial charge on any atom is 0.160 e. The van der Waals surface area contributed by atoms with Gasteiger partial charge in [0.2, 0.25) is 0 Å². The minimum absolute atomic E-state index is 0.548. The number of rotatable bonds is 2. The Morgan fingerprint density at radius 2 is 2.43 bits per heavy atom. The molecule has 0 aliphatic carbocycles. The van der Waals surface area contributed by atoms with Gasteiger partial charge in [-0.05, 0) is 12.2 Å². The molecule has 0 N–H and O–H groups in total. The second-order valence-corrected chi connectivity index (χ2v) is 1.85. The van der Waals surface area contributed by atoms with Crippen molar-refractivity contribution in [2.45, 2.75) is 6.42 Å². The van der Waals surface area contributed by atoms with E-state index in [0.29, 0.717) is 17.4 Å². The lowest BCUT2D eigenvalue weighted by atomic mass is 10.5. The molecule has 0 unspecified atom stereocenters. The van der Waals surface area contributed by atoms with Crippen molar-refractivity contribution in [3.8, 4) is 0 Å². The lowest BCUT2D eigenvalue weighted by Crippen LogP contribution is -1.96. The normalized spacial score (nSPS) is 8.29. The zero-order valence-electron chi connectivity index (χ0n) is 4.11. The summed E-state index contributed by atoms with van der Waals surface area (Å²) in [7, 11) is 1.55. The molecule has 0 bridgehead atoms. The molecular formula is C4H7ClOS. The molecule has 0 radical (unpaired) electrons. The van der Waals surface area contributed by atoms with E-state index in [2.05, 4.69) is 17.0 Å². The number of thiocarbonyl (C=S) groups is 1. The van der Waals surface area contributed by atoms with Crippen LogP contribution in [0.1, 0.15) is 6.42 Å². The van der Waals surface area contributed by atoms with Crippen molar-refractivity contribution in [3.05, 3.63) is 0 Å². The molecule has 0 saturated heterocycles. The Balaban J connectivity index is 3.00. The smallest absolute Gasteiger partial charge is 0.160 e. The molecule has 3 heteroatoms. The quantitative estimate of drug-likeness (QED) is 0.424. The van der Waals surface area contributed by atoms with E-state index in [0.717, 1.165) is 0 Å². The van der Waals surface area contributed by atoms with Crippen LogP contribution in [0.25, 0.3) is 0 Å². The lowest BCUT2D eigenvalue weighted by molar-refractivity contribution is 0.405. The van der Waals surface area contributed by atoms with Crippen LogP contribution in [0.2, 0.25) is 0 Å². The Kier molecular flexibility index (Phi) is 4.45. The summed E-state index contributed by atoms with van der Waals surface area (Å²) in [5, 5.41) is 0.579. The molecule has 0 aliphatic rings. The van der Waals surface area contributed by atoms with E-state index < -0.39 is 0 Å². The van der Waals surface area contributed by atoms with E-state index in [4.69, 9.17) is 11.6 Å². The summed E-state index contributed by atoms with van der Waals surface area (Å²) in [6.45, 7) is 0. The molecule has 0 spiro atoms. The van der Waals surface area contributed by atoms with Gasteiger partial charge in [-0.15, -0.1) is 11.6 Å². The Hall–Kier alpha value is 0.180. The third-order valence-electron chi connectivity index (χ3n) is 0.526. The van der Waals surface area contributed by atoms with Gasteiger partial charge < -0.3 is 4.74 Å². The molecular weight excluding hydrogens is 132 g/mol. The fourth-order valence-electron chi connectivity index (χ4n) is 0.179. The average Bonchev–Trinajstić information content (AvgIpc) is 1.68. The van der Waals surface area contributed by atoms with Crippen molar-refractivity contribution in [2.75, 3.05) is 13.0 Å². The first-order chi connectivity index (χ1) is 3.31. The van der Waals surface area contributed by atoms with Crippen LogP contribution in [0.15, 0.2) is 0 Å². The van der Waals surface area contributed by atoms with Crippen molar-refractivity contribution in [2.24, 2.45) is 0 Å². The largest absolute Gasteiger partial charge is 0.490 e. The molecule has 1 nitrogen and oxygen atoms in total. The van der Waals surface area contributed by atoms with Gasteiger partial charge in [0.25, 0.3) is 0 Å². The fourth-order valence-corrected chi connectivity index (χ4v) is 0.565. The maximum absolute atomic E-state index is 5.31. The van der Waals surface area contributed by atoms with Crippen LogP contribution in [-0.4, -0.2) is 18.0 Å². The molecule has 42 valence electrons. The van der Waals surface area contributed by atoms with E-state index in [1.165, 1.54) is 0 Å². The predicted molar refractivity (Wildman–Crippen MR) is 34.9 cm³/mol. The molecule has 0 fully saturated rings. The molecule has 0 atom stereocenters. The fraction of sp³-hybridized carbons (Fsp3) is 0.750. The highest BCUT2D eigenvalue weighted by Gasteiger charge is 1.88. The Bertz CT molecular complexity index is 64.7. The SMILES string of the molecule is COC(=S)CCCl. The van der Waals surface area contributed by atoms with Crippen molar-refractivity contribution in [3.63, 3.8) is 0 Å². The van der Waals surface area contributed by atoms with Gasteiger partial charge in [0.1, 0.15) is 0 Å². The van der Waals surface area contributed by atoms with Crippen LogP contribution in [0.5, 0.6) is 0 Å². The first-order valence-corrected chi connectivity index (χ1v) is 2.88. The van der Waals surface area contributed by atoms with Crippen molar-refractivity contribution in [1.82, 2.24) is 0 Å².